The minimum Gasteiger partial charge on any atom is -0.504 e. The van der Waals surface area contributed by atoms with Gasteiger partial charge in [0.15, 0.2) is 11.6 Å². The maximum absolute atomic E-state index is 12.7. The van der Waals surface area contributed by atoms with E-state index in [0.29, 0.717) is 41.1 Å². The van der Waals surface area contributed by atoms with Crippen molar-refractivity contribution in [3.8, 4) is 5.75 Å². The Morgan fingerprint density at radius 3 is 2.62 bits per heavy atom. The molecule has 1 aliphatic heterocycles. The minimum absolute atomic E-state index is 0.0642. The average molecular weight is 461 g/mol. The molecule has 0 radical (unpaired) electrons. The van der Waals surface area contributed by atoms with Gasteiger partial charge in [-0.1, -0.05) is 39.0 Å². The zero-order chi connectivity index (χ0) is 23.8. The lowest BCUT2D eigenvalue weighted by molar-refractivity contribution is -0.130. The van der Waals surface area contributed by atoms with Crippen LogP contribution < -0.4 is 10.6 Å². The Balaban J connectivity index is 1.71. The van der Waals surface area contributed by atoms with E-state index < -0.39 is 0 Å². The number of imidazole rings is 1. The van der Waals surface area contributed by atoms with Crippen molar-refractivity contribution in [2.75, 3.05) is 18.4 Å². The third-order valence-corrected chi connectivity index (χ3v) is 5.65. The molecule has 2 aromatic heterocycles. The van der Waals surface area contributed by atoms with Crippen LogP contribution >= 0.6 is 11.6 Å². The van der Waals surface area contributed by atoms with Crippen molar-refractivity contribution < 1.29 is 14.7 Å². The van der Waals surface area contributed by atoms with Crippen LogP contribution in [-0.4, -0.2) is 55.5 Å². The minimum atomic E-state index is -0.349. The Bertz CT molecular complexity index is 1050. The molecule has 10 heteroatoms. The van der Waals surface area contributed by atoms with Crippen LogP contribution in [0.5, 0.6) is 5.75 Å². The molecule has 1 aliphatic rings. The molecule has 0 bridgehead atoms. The first-order valence-electron chi connectivity index (χ1n) is 10.3. The molecule has 2 aromatic rings. The fourth-order valence-electron chi connectivity index (χ4n) is 3.56. The number of hydrogen-bond acceptors (Lipinski definition) is 6. The number of hydrogen-bond donors (Lipinski definition) is 3. The van der Waals surface area contributed by atoms with Gasteiger partial charge in [0.25, 0.3) is 5.91 Å². The number of amides is 2. The Morgan fingerprint density at radius 2 is 2.03 bits per heavy atom. The van der Waals surface area contributed by atoms with Crippen molar-refractivity contribution in [2.24, 2.45) is 7.05 Å². The molecule has 0 aliphatic carbocycles. The topological polar surface area (TPSA) is 112 Å². The quantitative estimate of drug-likeness (QED) is 0.571. The van der Waals surface area contributed by atoms with E-state index in [2.05, 4.69) is 27.2 Å². The lowest BCUT2D eigenvalue weighted by Gasteiger charge is -2.38. The number of carbonyl (C=O) groups excluding carboxylic acids is 2. The largest absolute Gasteiger partial charge is 0.504 e. The van der Waals surface area contributed by atoms with Gasteiger partial charge in [-0.3, -0.25) is 9.59 Å². The smallest absolute Gasteiger partial charge is 0.269 e. The summed E-state index contributed by atoms with van der Waals surface area (Å²) in [6.45, 7) is 12.2. The summed E-state index contributed by atoms with van der Waals surface area (Å²) < 4.78 is 1.69. The van der Waals surface area contributed by atoms with Crippen molar-refractivity contribution in [3.05, 3.63) is 47.2 Å². The summed E-state index contributed by atoms with van der Waals surface area (Å²) in [5, 5.41) is 16.8. The summed E-state index contributed by atoms with van der Waals surface area (Å²) in [6, 6.07) is 1.02. The highest BCUT2D eigenvalue weighted by molar-refractivity contribution is 6.31. The molecule has 32 heavy (non-hydrogen) atoms. The zero-order valence-electron chi connectivity index (χ0n) is 18.9. The molecule has 1 saturated heterocycles. The molecule has 0 aromatic carbocycles. The van der Waals surface area contributed by atoms with Gasteiger partial charge < -0.3 is 25.2 Å². The van der Waals surface area contributed by atoms with Crippen LogP contribution in [0.2, 0.25) is 5.02 Å². The van der Waals surface area contributed by atoms with E-state index in [4.69, 9.17) is 11.6 Å². The van der Waals surface area contributed by atoms with Gasteiger partial charge in [0.2, 0.25) is 5.91 Å². The van der Waals surface area contributed by atoms with Gasteiger partial charge in [0.05, 0.1) is 29.0 Å². The molecule has 2 amide bonds. The normalized spacial score (nSPS) is 15.1. The van der Waals surface area contributed by atoms with Gasteiger partial charge in [0, 0.05) is 31.6 Å². The second-order valence-electron chi connectivity index (χ2n) is 8.98. The van der Waals surface area contributed by atoms with E-state index in [1.165, 1.54) is 18.3 Å². The van der Waals surface area contributed by atoms with Gasteiger partial charge in [-0.2, -0.15) is 0 Å². The number of nitrogens with one attached hydrogen (secondary N) is 2. The average Bonchev–Trinajstić information content (AvgIpc) is 3.06. The molecular formula is C22H29ClN6O3. The van der Waals surface area contributed by atoms with Crippen LogP contribution in [0.4, 0.5) is 5.82 Å². The highest BCUT2D eigenvalue weighted by Gasteiger charge is 2.31. The fraction of sp³-hybridized carbons (Fsp3) is 0.455. The molecule has 0 spiro atoms. The standard InChI is InChI=1S/C22H29ClN6O3/c1-7-17(31)29-10-13(11-29)26-21(32)15-9-24-20(28(15)6)12(2)25-19-16(30)8-14(23)18(27-19)22(3,4)5/h7-9,12-13,30H,1,10-11H2,2-6H3,(H,25,27)(H,26,32). The van der Waals surface area contributed by atoms with Crippen molar-refractivity contribution in [1.29, 1.82) is 0 Å². The maximum Gasteiger partial charge on any atom is 0.269 e. The molecule has 1 atom stereocenters. The number of rotatable bonds is 6. The number of halogens is 1. The molecule has 9 nitrogen and oxygen atoms in total. The molecule has 172 valence electrons. The number of likely N-dealkylation sites (tertiary alicyclic amines) is 1. The van der Waals surface area contributed by atoms with E-state index in [-0.39, 0.29) is 35.1 Å². The molecular weight excluding hydrogens is 432 g/mol. The van der Waals surface area contributed by atoms with E-state index >= 15 is 0 Å². The van der Waals surface area contributed by atoms with Gasteiger partial charge in [0.1, 0.15) is 11.5 Å². The second kappa shape index (κ2) is 8.82. The third-order valence-electron chi connectivity index (χ3n) is 5.37. The van der Waals surface area contributed by atoms with Gasteiger partial charge in [-0.15, -0.1) is 0 Å². The van der Waals surface area contributed by atoms with Gasteiger partial charge in [-0.25, -0.2) is 9.97 Å². The van der Waals surface area contributed by atoms with Crippen LogP contribution in [0.3, 0.4) is 0 Å². The van der Waals surface area contributed by atoms with E-state index in [1.54, 1.807) is 16.5 Å². The van der Waals surface area contributed by atoms with E-state index in [9.17, 15) is 14.7 Å². The predicted molar refractivity (Wildman–Crippen MR) is 123 cm³/mol. The number of pyridine rings is 1. The lowest BCUT2D eigenvalue weighted by Crippen LogP contribution is -2.60. The number of aromatic hydroxyl groups is 1. The first kappa shape index (κ1) is 23.6. The summed E-state index contributed by atoms with van der Waals surface area (Å²) in [7, 11) is 1.75. The Labute approximate surface area is 192 Å². The van der Waals surface area contributed by atoms with Crippen LogP contribution in [0.1, 0.15) is 55.7 Å². The highest BCUT2D eigenvalue weighted by atomic mass is 35.5. The van der Waals surface area contributed by atoms with Crippen molar-refractivity contribution in [3.63, 3.8) is 0 Å². The second-order valence-corrected chi connectivity index (χ2v) is 9.39. The lowest BCUT2D eigenvalue weighted by atomic mass is 9.91. The number of anilines is 1. The summed E-state index contributed by atoms with van der Waals surface area (Å²) in [6.07, 6.45) is 2.77. The van der Waals surface area contributed by atoms with Gasteiger partial charge >= 0.3 is 0 Å². The first-order chi connectivity index (χ1) is 14.9. The maximum atomic E-state index is 12.7. The molecule has 0 saturated carbocycles. The molecule has 3 heterocycles. The summed E-state index contributed by atoms with van der Waals surface area (Å²) in [5.74, 6) is 0.414. The molecule has 1 unspecified atom stereocenters. The number of nitrogens with zero attached hydrogens (tertiary/aromatic N) is 4. The van der Waals surface area contributed by atoms with E-state index in [1.807, 2.05) is 27.7 Å². The van der Waals surface area contributed by atoms with Crippen LogP contribution in [-0.2, 0) is 17.3 Å². The number of aromatic nitrogens is 3. The van der Waals surface area contributed by atoms with Crippen molar-refractivity contribution >= 4 is 29.2 Å². The Kier molecular flexibility index (Phi) is 6.50. The van der Waals surface area contributed by atoms with Crippen LogP contribution in [0, 0.1) is 0 Å². The summed E-state index contributed by atoms with van der Waals surface area (Å²) in [5.41, 5.74) is 0.758. The van der Waals surface area contributed by atoms with Crippen LogP contribution in [0.25, 0.3) is 0 Å². The molecule has 3 rings (SSSR count). The van der Waals surface area contributed by atoms with Crippen LogP contribution in [0.15, 0.2) is 24.9 Å². The Hall–Kier alpha value is -3.07. The number of carbonyl (C=O) groups is 2. The fourth-order valence-corrected chi connectivity index (χ4v) is 3.99. The van der Waals surface area contributed by atoms with E-state index in [0.717, 1.165) is 0 Å². The monoisotopic (exact) mass is 460 g/mol. The van der Waals surface area contributed by atoms with Crippen molar-refractivity contribution in [2.45, 2.75) is 45.2 Å². The Morgan fingerprint density at radius 1 is 1.38 bits per heavy atom. The SMILES string of the molecule is C=CC(=O)N1CC(NC(=O)c2cnc(C(C)Nc3nc(C(C)(C)C)c(Cl)cc3O)n2C)C1. The van der Waals surface area contributed by atoms with Crippen molar-refractivity contribution in [1.82, 2.24) is 24.8 Å². The summed E-state index contributed by atoms with van der Waals surface area (Å²) in [4.78, 5) is 34.7. The molecule has 3 N–H and O–H groups in total. The molecule has 1 fully saturated rings. The predicted octanol–water partition coefficient (Wildman–Crippen LogP) is 2.77. The van der Waals surface area contributed by atoms with Gasteiger partial charge in [-0.05, 0) is 13.0 Å². The first-order valence-corrected chi connectivity index (χ1v) is 10.7. The third kappa shape index (κ3) is 4.72. The summed E-state index contributed by atoms with van der Waals surface area (Å²) >= 11 is 6.26. The zero-order valence-corrected chi connectivity index (χ0v) is 19.7. The highest BCUT2D eigenvalue weighted by Crippen LogP contribution is 2.35.